The summed E-state index contributed by atoms with van der Waals surface area (Å²) in [6, 6.07) is 0. The molecule has 0 aromatic carbocycles. The summed E-state index contributed by atoms with van der Waals surface area (Å²) >= 11 is 0. The van der Waals surface area contributed by atoms with Crippen LogP contribution in [0.5, 0.6) is 0 Å². The highest BCUT2D eigenvalue weighted by molar-refractivity contribution is 6.07. The Morgan fingerprint density at radius 1 is 0.909 bits per heavy atom. The van der Waals surface area contributed by atoms with Crippen LogP contribution >= 0.6 is 0 Å². The smallest absolute Gasteiger partial charge is 0.336 e. The van der Waals surface area contributed by atoms with E-state index >= 15 is 0 Å². The van der Waals surface area contributed by atoms with E-state index in [1.54, 1.807) is 0 Å². The lowest BCUT2D eigenvalue weighted by atomic mass is 9.74. The number of hydrogen-bond donors (Lipinski definition) is 2. The van der Waals surface area contributed by atoms with Gasteiger partial charge in [-0.25, -0.2) is 9.59 Å². The van der Waals surface area contributed by atoms with Crippen molar-refractivity contribution < 1.29 is 19.8 Å². The Kier molecular flexibility index (Phi) is 5.09. The van der Waals surface area contributed by atoms with Gasteiger partial charge in [-0.2, -0.15) is 0 Å². The van der Waals surface area contributed by atoms with Crippen LogP contribution in [-0.2, 0) is 9.59 Å². The Morgan fingerprint density at radius 3 is 1.91 bits per heavy atom. The van der Waals surface area contributed by atoms with Crippen LogP contribution in [0.25, 0.3) is 0 Å². The minimum atomic E-state index is -1.07. The molecule has 2 rings (SSSR count). The minimum Gasteiger partial charge on any atom is -0.478 e. The number of carboxylic acids is 2. The van der Waals surface area contributed by atoms with Crippen molar-refractivity contribution in [2.75, 3.05) is 0 Å². The summed E-state index contributed by atoms with van der Waals surface area (Å²) in [7, 11) is 0. The fourth-order valence-corrected chi connectivity index (χ4v) is 4.31. The van der Waals surface area contributed by atoms with Crippen molar-refractivity contribution in [2.24, 2.45) is 5.41 Å². The molecular weight excluding hydrogens is 280 g/mol. The first-order chi connectivity index (χ1) is 10.5. The molecule has 0 aromatic heterocycles. The van der Waals surface area contributed by atoms with Gasteiger partial charge in [0.15, 0.2) is 0 Å². The lowest BCUT2D eigenvalue weighted by Gasteiger charge is -2.30. The molecule has 0 unspecified atom stereocenters. The Labute approximate surface area is 131 Å². The molecule has 4 heteroatoms. The van der Waals surface area contributed by atoms with Crippen molar-refractivity contribution in [2.45, 2.75) is 71.6 Å². The van der Waals surface area contributed by atoms with Crippen molar-refractivity contribution in [1.29, 1.82) is 0 Å². The first-order valence-corrected chi connectivity index (χ1v) is 8.39. The number of allylic oxidation sites excluding steroid dienone is 2. The van der Waals surface area contributed by atoms with Gasteiger partial charge < -0.3 is 10.2 Å². The van der Waals surface area contributed by atoms with Gasteiger partial charge >= 0.3 is 11.9 Å². The van der Waals surface area contributed by atoms with Gasteiger partial charge in [-0.05, 0) is 68.8 Å². The highest BCUT2D eigenvalue weighted by Gasteiger charge is 2.40. The topological polar surface area (TPSA) is 74.6 Å². The Hall–Kier alpha value is -1.58. The SMILES string of the molecule is CCC1(CC)CCCC1=C(C(=O)O)C(C(=O)O)=C1CCCC1. The van der Waals surface area contributed by atoms with Gasteiger partial charge in [-0.15, -0.1) is 0 Å². The first kappa shape index (κ1) is 16.8. The molecular formula is C18H26O4. The third-order valence-corrected chi connectivity index (χ3v) is 5.62. The maximum atomic E-state index is 12.0. The van der Waals surface area contributed by atoms with E-state index in [0.29, 0.717) is 6.42 Å². The molecule has 0 aromatic rings. The van der Waals surface area contributed by atoms with Crippen LogP contribution in [0.1, 0.15) is 71.6 Å². The first-order valence-electron chi connectivity index (χ1n) is 8.39. The minimum absolute atomic E-state index is 0.0909. The monoisotopic (exact) mass is 306 g/mol. The average molecular weight is 306 g/mol. The number of carboxylic acid groups (broad SMARTS) is 2. The van der Waals surface area contributed by atoms with Crippen LogP contribution in [0.4, 0.5) is 0 Å². The molecule has 122 valence electrons. The second kappa shape index (κ2) is 6.67. The molecule has 0 atom stereocenters. The highest BCUT2D eigenvalue weighted by Crippen LogP contribution is 2.51. The molecule has 0 amide bonds. The van der Waals surface area contributed by atoms with Crippen molar-refractivity contribution >= 4 is 11.9 Å². The number of carbonyl (C=O) groups is 2. The quantitative estimate of drug-likeness (QED) is 0.742. The molecule has 2 saturated carbocycles. The molecule has 4 nitrogen and oxygen atoms in total. The standard InChI is InChI=1S/C18H26O4/c1-3-18(4-2)11-7-10-13(18)15(17(21)22)14(16(19)20)12-8-5-6-9-12/h3-11H2,1-2H3,(H,19,20)(H,21,22). The summed E-state index contributed by atoms with van der Waals surface area (Å²) in [5.41, 5.74) is 1.76. The summed E-state index contributed by atoms with van der Waals surface area (Å²) in [4.78, 5) is 23.8. The summed E-state index contributed by atoms with van der Waals surface area (Å²) in [5, 5.41) is 19.5. The van der Waals surface area contributed by atoms with E-state index in [0.717, 1.165) is 62.5 Å². The zero-order valence-electron chi connectivity index (χ0n) is 13.6. The molecule has 22 heavy (non-hydrogen) atoms. The zero-order valence-corrected chi connectivity index (χ0v) is 13.6. The zero-order chi connectivity index (χ0) is 16.3. The van der Waals surface area contributed by atoms with Gasteiger partial charge in [0, 0.05) is 0 Å². The Bertz CT molecular complexity index is 527. The third kappa shape index (κ3) is 2.83. The highest BCUT2D eigenvalue weighted by atomic mass is 16.4. The van der Waals surface area contributed by atoms with E-state index in [1.165, 1.54) is 0 Å². The van der Waals surface area contributed by atoms with E-state index in [1.807, 2.05) is 0 Å². The van der Waals surface area contributed by atoms with Crippen molar-refractivity contribution in [1.82, 2.24) is 0 Å². The lowest BCUT2D eigenvalue weighted by Crippen LogP contribution is -2.23. The normalized spacial score (nSPS) is 22.7. The van der Waals surface area contributed by atoms with Gasteiger partial charge in [0.05, 0.1) is 11.1 Å². The Morgan fingerprint density at radius 2 is 1.45 bits per heavy atom. The number of hydrogen-bond acceptors (Lipinski definition) is 2. The summed E-state index contributed by atoms with van der Waals surface area (Å²) in [6.45, 7) is 4.16. The summed E-state index contributed by atoms with van der Waals surface area (Å²) in [5.74, 6) is -2.14. The average Bonchev–Trinajstić information content (AvgIpc) is 3.13. The molecule has 0 radical (unpaired) electrons. The van der Waals surface area contributed by atoms with Gasteiger partial charge in [-0.1, -0.05) is 19.4 Å². The van der Waals surface area contributed by atoms with E-state index in [9.17, 15) is 19.8 Å². The maximum absolute atomic E-state index is 12.0. The molecule has 0 aliphatic heterocycles. The third-order valence-electron chi connectivity index (χ3n) is 5.62. The van der Waals surface area contributed by atoms with Gasteiger partial charge in [-0.3, -0.25) is 0 Å². The van der Waals surface area contributed by atoms with Crippen LogP contribution in [0.3, 0.4) is 0 Å². The Balaban J connectivity index is 2.68. The van der Waals surface area contributed by atoms with Crippen LogP contribution < -0.4 is 0 Å². The molecule has 0 bridgehead atoms. The van der Waals surface area contributed by atoms with Gasteiger partial charge in [0.2, 0.25) is 0 Å². The molecule has 2 aliphatic carbocycles. The predicted octanol–water partition coefficient (Wildman–Crippen LogP) is 4.31. The van der Waals surface area contributed by atoms with Gasteiger partial charge in [0.1, 0.15) is 0 Å². The molecule has 2 fully saturated rings. The maximum Gasteiger partial charge on any atom is 0.336 e. The van der Waals surface area contributed by atoms with Crippen LogP contribution in [0, 0.1) is 5.41 Å². The number of aliphatic carboxylic acids is 2. The van der Waals surface area contributed by atoms with E-state index in [2.05, 4.69) is 13.8 Å². The van der Waals surface area contributed by atoms with Gasteiger partial charge in [0.25, 0.3) is 0 Å². The number of rotatable bonds is 5. The largest absolute Gasteiger partial charge is 0.478 e. The summed E-state index contributed by atoms with van der Waals surface area (Å²) < 4.78 is 0. The molecule has 2 aliphatic rings. The fraction of sp³-hybridized carbons (Fsp3) is 0.667. The fourth-order valence-electron chi connectivity index (χ4n) is 4.31. The lowest BCUT2D eigenvalue weighted by molar-refractivity contribution is -0.136. The van der Waals surface area contributed by atoms with Crippen LogP contribution in [0.15, 0.2) is 22.3 Å². The van der Waals surface area contributed by atoms with E-state index in [4.69, 9.17) is 0 Å². The second-order valence-electron chi connectivity index (χ2n) is 6.49. The predicted molar refractivity (Wildman–Crippen MR) is 84.7 cm³/mol. The van der Waals surface area contributed by atoms with E-state index in [-0.39, 0.29) is 16.6 Å². The van der Waals surface area contributed by atoms with Crippen LogP contribution in [-0.4, -0.2) is 22.2 Å². The van der Waals surface area contributed by atoms with Crippen molar-refractivity contribution in [3.63, 3.8) is 0 Å². The molecule has 0 saturated heterocycles. The van der Waals surface area contributed by atoms with Crippen molar-refractivity contribution in [3.05, 3.63) is 22.3 Å². The van der Waals surface area contributed by atoms with Crippen molar-refractivity contribution in [3.8, 4) is 0 Å². The molecule has 2 N–H and O–H groups in total. The summed E-state index contributed by atoms with van der Waals surface area (Å²) in [6.07, 6.45) is 7.74. The second-order valence-corrected chi connectivity index (χ2v) is 6.49. The van der Waals surface area contributed by atoms with Crippen LogP contribution in [0.2, 0.25) is 0 Å². The molecule has 0 spiro atoms. The molecule has 0 heterocycles. The van der Waals surface area contributed by atoms with E-state index < -0.39 is 11.9 Å².